The maximum absolute atomic E-state index is 13.1. The van der Waals surface area contributed by atoms with Gasteiger partial charge in [-0.3, -0.25) is 0 Å². The summed E-state index contributed by atoms with van der Waals surface area (Å²) in [5.41, 5.74) is 6.21. The minimum atomic E-state index is -0.300. The second-order valence-electron chi connectivity index (χ2n) is 4.00. The summed E-state index contributed by atoms with van der Waals surface area (Å²) in [6.45, 7) is 1.87. The third-order valence-electron chi connectivity index (χ3n) is 2.19. The fourth-order valence-corrected chi connectivity index (χ4v) is 1.39. The summed E-state index contributed by atoms with van der Waals surface area (Å²) < 4.78 is 18.6. The third-order valence-corrected chi connectivity index (χ3v) is 2.19. The van der Waals surface area contributed by atoms with E-state index in [1.165, 1.54) is 12.1 Å². The SMILES string of the molecule is CN(C)CCCOc1cc(F)cc(CN)c1. The van der Waals surface area contributed by atoms with E-state index < -0.39 is 0 Å². The lowest BCUT2D eigenvalue weighted by Crippen LogP contribution is -2.15. The summed E-state index contributed by atoms with van der Waals surface area (Å²) >= 11 is 0. The molecule has 0 aliphatic carbocycles. The third kappa shape index (κ3) is 4.59. The number of rotatable bonds is 6. The largest absolute Gasteiger partial charge is 0.493 e. The van der Waals surface area contributed by atoms with Gasteiger partial charge in [-0.05, 0) is 38.2 Å². The fraction of sp³-hybridized carbons (Fsp3) is 0.500. The number of hydrogen-bond acceptors (Lipinski definition) is 3. The van der Waals surface area contributed by atoms with Gasteiger partial charge in [-0.25, -0.2) is 4.39 Å². The average Bonchev–Trinajstić information content (AvgIpc) is 2.23. The van der Waals surface area contributed by atoms with Crippen LogP contribution in [0.5, 0.6) is 5.75 Å². The molecule has 0 aromatic heterocycles. The van der Waals surface area contributed by atoms with Gasteiger partial charge in [0.1, 0.15) is 11.6 Å². The summed E-state index contributed by atoms with van der Waals surface area (Å²) in [5, 5.41) is 0. The van der Waals surface area contributed by atoms with Gasteiger partial charge in [0.05, 0.1) is 6.61 Å². The topological polar surface area (TPSA) is 38.5 Å². The van der Waals surface area contributed by atoms with E-state index in [0.29, 0.717) is 18.9 Å². The Morgan fingerprint density at radius 1 is 1.31 bits per heavy atom. The first-order valence-electron chi connectivity index (χ1n) is 5.39. The molecule has 0 amide bonds. The molecule has 1 aromatic carbocycles. The van der Waals surface area contributed by atoms with Gasteiger partial charge in [0.2, 0.25) is 0 Å². The Bertz CT molecular complexity index is 329. The molecule has 2 N–H and O–H groups in total. The quantitative estimate of drug-likeness (QED) is 0.749. The fourth-order valence-electron chi connectivity index (χ4n) is 1.39. The van der Waals surface area contributed by atoms with Gasteiger partial charge in [0.15, 0.2) is 0 Å². The number of ether oxygens (including phenoxy) is 1. The molecule has 0 spiro atoms. The molecule has 0 atom stereocenters. The average molecular weight is 226 g/mol. The molecule has 0 aliphatic rings. The van der Waals surface area contributed by atoms with Crippen LogP contribution in [-0.2, 0) is 6.54 Å². The molecule has 0 saturated carbocycles. The Morgan fingerprint density at radius 2 is 2.06 bits per heavy atom. The Hall–Kier alpha value is -1.13. The zero-order valence-corrected chi connectivity index (χ0v) is 9.87. The first kappa shape index (κ1) is 12.9. The molecule has 90 valence electrons. The molecule has 0 aliphatic heterocycles. The number of halogens is 1. The molecule has 0 bridgehead atoms. The van der Waals surface area contributed by atoms with Crippen molar-refractivity contribution in [1.82, 2.24) is 4.90 Å². The van der Waals surface area contributed by atoms with Crippen LogP contribution in [0.1, 0.15) is 12.0 Å². The Labute approximate surface area is 96.0 Å². The van der Waals surface area contributed by atoms with E-state index in [1.54, 1.807) is 6.07 Å². The van der Waals surface area contributed by atoms with E-state index in [0.717, 1.165) is 18.5 Å². The molecule has 3 nitrogen and oxygen atoms in total. The van der Waals surface area contributed by atoms with Gasteiger partial charge in [0.25, 0.3) is 0 Å². The minimum Gasteiger partial charge on any atom is -0.493 e. The predicted molar refractivity (Wildman–Crippen MR) is 63.0 cm³/mol. The molecule has 1 aromatic rings. The second kappa shape index (κ2) is 6.45. The van der Waals surface area contributed by atoms with Crippen LogP contribution in [0.2, 0.25) is 0 Å². The van der Waals surface area contributed by atoms with Crippen LogP contribution >= 0.6 is 0 Å². The van der Waals surface area contributed by atoms with Gasteiger partial charge < -0.3 is 15.4 Å². The zero-order chi connectivity index (χ0) is 12.0. The first-order valence-corrected chi connectivity index (χ1v) is 5.39. The van der Waals surface area contributed by atoms with Crippen molar-refractivity contribution in [3.05, 3.63) is 29.6 Å². The van der Waals surface area contributed by atoms with Crippen LogP contribution in [0, 0.1) is 5.82 Å². The van der Waals surface area contributed by atoms with Crippen LogP contribution in [0.25, 0.3) is 0 Å². The molecule has 1 rings (SSSR count). The molecule has 0 heterocycles. The number of hydrogen-bond donors (Lipinski definition) is 1. The highest BCUT2D eigenvalue weighted by Gasteiger charge is 2.01. The lowest BCUT2D eigenvalue weighted by molar-refractivity contribution is 0.280. The van der Waals surface area contributed by atoms with Crippen LogP contribution in [-0.4, -0.2) is 32.1 Å². The summed E-state index contributed by atoms with van der Waals surface area (Å²) in [5.74, 6) is 0.254. The second-order valence-corrected chi connectivity index (χ2v) is 4.00. The highest BCUT2D eigenvalue weighted by molar-refractivity contribution is 5.29. The molecular weight excluding hydrogens is 207 g/mol. The van der Waals surface area contributed by atoms with E-state index in [1.807, 2.05) is 14.1 Å². The van der Waals surface area contributed by atoms with Crippen LogP contribution in [0.3, 0.4) is 0 Å². The van der Waals surface area contributed by atoms with Crippen LogP contribution in [0.4, 0.5) is 4.39 Å². The zero-order valence-electron chi connectivity index (χ0n) is 9.87. The van der Waals surface area contributed by atoms with Crippen molar-refractivity contribution in [2.24, 2.45) is 5.73 Å². The van der Waals surface area contributed by atoms with Crippen molar-refractivity contribution in [2.45, 2.75) is 13.0 Å². The molecule has 16 heavy (non-hydrogen) atoms. The summed E-state index contributed by atoms with van der Waals surface area (Å²) in [4.78, 5) is 2.08. The summed E-state index contributed by atoms with van der Waals surface area (Å²) in [6, 6.07) is 4.58. The standard InChI is InChI=1S/C12H19FN2O/c1-15(2)4-3-5-16-12-7-10(9-14)6-11(13)8-12/h6-8H,3-5,9,14H2,1-2H3. The van der Waals surface area contributed by atoms with Crippen molar-refractivity contribution in [3.8, 4) is 5.75 Å². The van der Waals surface area contributed by atoms with Crippen molar-refractivity contribution < 1.29 is 9.13 Å². The van der Waals surface area contributed by atoms with Crippen molar-refractivity contribution in [3.63, 3.8) is 0 Å². The van der Waals surface area contributed by atoms with E-state index in [4.69, 9.17) is 10.5 Å². The lowest BCUT2D eigenvalue weighted by atomic mass is 10.2. The predicted octanol–water partition coefficient (Wildman–Crippen LogP) is 1.61. The van der Waals surface area contributed by atoms with Gasteiger partial charge in [-0.15, -0.1) is 0 Å². The van der Waals surface area contributed by atoms with Gasteiger partial charge >= 0.3 is 0 Å². The summed E-state index contributed by atoms with van der Waals surface area (Å²) in [7, 11) is 4.02. The minimum absolute atomic E-state index is 0.300. The molecule has 4 heteroatoms. The van der Waals surface area contributed by atoms with Crippen LogP contribution in [0.15, 0.2) is 18.2 Å². The molecule has 0 unspecified atom stereocenters. The normalized spacial score (nSPS) is 10.8. The number of benzene rings is 1. The lowest BCUT2D eigenvalue weighted by Gasteiger charge is -2.11. The highest BCUT2D eigenvalue weighted by Crippen LogP contribution is 2.16. The summed E-state index contributed by atoms with van der Waals surface area (Å²) in [6.07, 6.45) is 0.918. The van der Waals surface area contributed by atoms with Gasteiger partial charge in [0, 0.05) is 19.2 Å². The maximum Gasteiger partial charge on any atom is 0.127 e. The van der Waals surface area contributed by atoms with Crippen molar-refractivity contribution >= 4 is 0 Å². The molecule has 0 fully saturated rings. The van der Waals surface area contributed by atoms with E-state index in [9.17, 15) is 4.39 Å². The molecule has 0 radical (unpaired) electrons. The highest BCUT2D eigenvalue weighted by atomic mass is 19.1. The van der Waals surface area contributed by atoms with E-state index in [-0.39, 0.29) is 5.82 Å². The van der Waals surface area contributed by atoms with Crippen molar-refractivity contribution in [2.75, 3.05) is 27.2 Å². The molecular formula is C12H19FN2O. The number of nitrogens with zero attached hydrogens (tertiary/aromatic N) is 1. The number of nitrogens with two attached hydrogens (primary N) is 1. The van der Waals surface area contributed by atoms with Crippen molar-refractivity contribution in [1.29, 1.82) is 0 Å². The Balaban J connectivity index is 2.44. The first-order chi connectivity index (χ1) is 7.61. The monoisotopic (exact) mass is 226 g/mol. The Kier molecular flexibility index (Phi) is 5.22. The maximum atomic E-state index is 13.1. The molecule has 0 saturated heterocycles. The van der Waals surface area contributed by atoms with E-state index in [2.05, 4.69) is 4.90 Å². The van der Waals surface area contributed by atoms with Gasteiger partial charge in [-0.1, -0.05) is 0 Å². The Morgan fingerprint density at radius 3 is 2.69 bits per heavy atom. The van der Waals surface area contributed by atoms with E-state index >= 15 is 0 Å². The van der Waals surface area contributed by atoms with Crippen LogP contribution < -0.4 is 10.5 Å². The van der Waals surface area contributed by atoms with Gasteiger partial charge in [-0.2, -0.15) is 0 Å². The smallest absolute Gasteiger partial charge is 0.127 e.